The molecular formula is C10H12N2O4S. The third-order valence-electron chi connectivity index (χ3n) is 2.43. The van der Waals surface area contributed by atoms with E-state index in [2.05, 4.69) is 4.84 Å². The van der Waals surface area contributed by atoms with Gasteiger partial charge in [-0.25, -0.2) is 4.79 Å². The molecule has 2 amide bonds. The summed E-state index contributed by atoms with van der Waals surface area (Å²) < 4.78 is 0. The summed E-state index contributed by atoms with van der Waals surface area (Å²) in [6.45, 7) is 3.18. The molecule has 2 atom stereocenters. The van der Waals surface area contributed by atoms with Crippen LogP contribution in [-0.4, -0.2) is 33.3 Å². The Morgan fingerprint density at radius 3 is 2.88 bits per heavy atom. The summed E-state index contributed by atoms with van der Waals surface area (Å²) in [4.78, 5) is 39.7. The summed E-state index contributed by atoms with van der Waals surface area (Å²) in [5.41, 5.74) is 2.17. The van der Waals surface area contributed by atoms with Crippen LogP contribution in [0, 0.1) is 0 Å². The van der Waals surface area contributed by atoms with Gasteiger partial charge in [0.15, 0.2) is 0 Å². The number of carbonyl (C=O) groups excluding carboxylic acids is 3. The summed E-state index contributed by atoms with van der Waals surface area (Å²) in [6.07, 6.45) is 2.11. The maximum Gasteiger partial charge on any atom is 0.379 e. The molecule has 2 aliphatic heterocycles. The zero-order chi connectivity index (χ0) is 12.6. The van der Waals surface area contributed by atoms with Crippen molar-refractivity contribution < 1.29 is 19.2 Å². The Morgan fingerprint density at radius 1 is 1.59 bits per heavy atom. The van der Waals surface area contributed by atoms with Crippen LogP contribution in [0.5, 0.6) is 0 Å². The Morgan fingerprint density at radius 2 is 2.29 bits per heavy atom. The fourth-order valence-corrected chi connectivity index (χ4v) is 3.01. The number of β-lactam (4-membered cyclic amide) rings is 1. The van der Waals surface area contributed by atoms with Crippen molar-refractivity contribution in [2.24, 2.45) is 0 Å². The molecule has 0 aromatic carbocycles. The van der Waals surface area contributed by atoms with Gasteiger partial charge in [0.2, 0.25) is 11.8 Å². The lowest BCUT2D eigenvalue weighted by atomic mass is 10.1. The fraction of sp³-hybridized carbons (Fsp3) is 0.500. The van der Waals surface area contributed by atoms with Gasteiger partial charge < -0.3 is 4.84 Å². The third-order valence-corrected chi connectivity index (χ3v) is 3.68. The predicted octanol–water partition coefficient (Wildman–Crippen LogP) is 0.158. The number of rotatable bonds is 1. The van der Waals surface area contributed by atoms with Crippen molar-refractivity contribution in [1.82, 2.24) is 10.4 Å². The summed E-state index contributed by atoms with van der Waals surface area (Å²) >= 11 is 1.62. The van der Waals surface area contributed by atoms with Crippen molar-refractivity contribution >= 4 is 29.5 Å². The van der Waals surface area contributed by atoms with Crippen molar-refractivity contribution in [3.8, 4) is 0 Å². The van der Waals surface area contributed by atoms with Crippen LogP contribution < -0.4 is 5.48 Å². The highest BCUT2D eigenvalue weighted by molar-refractivity contribution is 8.00. The van der Waals surface area contributed by atoms with Crippen LogP contribution in [-0.2, 0) is 19.2 Å². The largest absolute Gasteiger partial charge is 0.379 e. The first kappa shape index (κ1) is 12.0. The van der Waals surface area contributed by atoms with E-state index in [1.165, 1.54) is 11.8 Å². The van der Waals surface area contributed by atoms with E-state index >= 15 is 0 Å². The number of nitrogens with one attached hydrogen (secondary N) is 1. The molecule has 2 rings (SSSR count). The molecule has 1 unspecified atom stereocenters. The van der Waals surface area contributed by atoms with Gasteiger partial charge in [-0.15, -0.1) is 11.8 Å². The van der Waals surface area contributed by atoms with Gasteiger partial charge in [0.25, 0.3) is 0 Å². The van der Waals surface area contributed by atoms with Crippen molar-refractivity contribution in [3.63, 3.8) is 0 Å². The van der Waals surface area contributed by atoms with Crippen LogP contribution in [0.4, 0.5) is 0 Å². The van der Waals surface area contributed by atoms with Gasteiger partial charge in [0.1, 0.15) is 5.70 Å². The molecule has 17 heavy (non-hydrogen) atoms. The van der Waals surface area contributed by atoms with E-state index in [4.69, 9.17) is 0 Å². The molecule has 2 aliphatic rings. The number of hydrogen-bond donors (Lipinski definition) is 1. The first-order chi connectivity index (χ1) is 7.99. The molecule has 1 N–H and O–H groups in total. The quantitative estimate of drug-likeness (QED) is 0.534. The van der Waals surface area contributed by atoms with Crippen molar-refractivity contribution in [3.05, 3.63) is 11.8 Å². The standard InChI is InChI=1S/C10H12N2O4S/c1-5-3-7(10(15)16-11-6(2)13)12-8(14)4-9(12)17-5/h3,5,9H,4H2,1-2H3,(H,11,13)/t5?,9-/m0/s1. The minimum absolute atomic E-state index is 0.0161. The summed E-state index contributed by atoms with van der Waals surface area (Å²) in [6, 6.07) is 0. The van der Waals surface area contributed by atoms with E-state index in [-0.39, 0.29) is 22.2 Å². The highest BCUT2D eigenvalue weighted by atomic mass is 32.2. The molecule has 0 aliphatic carbocycles. The van der Waals surface area contributed by atoms with Gasteiger partial charge in [0.05, 0.1) is 11.8 Å². The number of fused-ring (bicyclic) bond motifs is 1. The number of thioether (sulfide) groups is 1. The average Bonchev–Trinajstić information content (AvgIpc) is 2.23. The lowest BCUT2D eigenvalue weighted by Crippen LogP contribution is -2.54. The SMILES string of the molecule is CC(=O)NOC(=O)C1=CC(C)S[C@H]2CC(=O)N12. The molecule has 0 aromatic rings. The smallest absolute Gasteiger partial charge is 0.334 e. The molecular weight excluding hydrogens is 244 g/mol. The van der Waals surface area contributed by atoms with Crippen molar-refractivity contribution in [1.29, 1.82) is 0 Å². The second-order valence-corrected chi connectivity index (χ2v) is 5.42. The molecule has 0 saturated carbocycles. The molecule has 92 valence electrons. The number of hydrogen-bond acceptors (Lipinski definition) is 5. The minimum atomic E-state index is -0.703. The Bertz CT molecular complexity index is 421. The first-order valence-electron chi connectivity index (χ1n) is 5.16. The maximum atomic E-state index is 11.7. The Hall–Kier alpha value is -1.50. The van der Waals surface area contributed by atoms with E-state index in [1.807, 2.05) is 12.4 Å². The molecule has 7 heteroatoms. The molecule has 0 radical (unpaired) electrons. The second-order valence-electron chi connectivity index (χ2n) is 3.86. The van der Waals surface area contributed by atoms with Gasteiger partial charge in [-0.05, 0) is 13.0 Å². The van der Waals surface area contributed by atoms with Crippen LogP contribution in [0.1, 0.15) is 20.3 Å². The predicted molar refractivity (Wildman–Crippen MR) is 60.3 cm³/mol. The summed E-state index contributed by atoms with van der Waals surface area (Å²) in [5, 5.41) is 0.159. The Balaban J connectivity index is 2.09. The molecule has 0 bridgehead atoms. The van der Waals surface area contributed by atoms with E-state index in [0.717, 1.165) is 0 Å². The average molecular weight is 256 g/mol. The monoisotopic (exact) mass is 256 g/mol. The number of carbonyl (C=O) groups is 3. The number of hydroxylamine groups is 1. The van der Waals surface area contributed by atoms with E-state index < -0.39 is 11.9 Å². The fourth-order valence-electron chi connectivity index (χ4n) is 1.71. The highest BCUT2D eigenvalue weighted by Gasteiger charge is 2.45. The maximum absolute atomic E-state index is 11.7. The van der Waals surface area contributed by atoms with Crippen LogP contribution in [0.15, 0.2) is 11.8 Å². The van der Waals surface area contributed by atoms with Gasteiger partial charge in [0, 0.05) is 12.2 Å². The first-order valence-corrected chi connectivity index (χ1v) is 6.10. The van der Waals surface area contributed by atoms with Gasteiger partial charge in [-0.1, -0.05) is 0 Å². The molecule has 0 spiro atoms. The molecule has 1 fully saturated rings. The van der Waals surface area contributed by atoms with Crippen LogP contribution in [0.25, 0.3) is 0 Å². The minimum Gasteiger partial charge on any atom is -0.334 e. The van der Waals surface area contributed by atoms with Crippen LogP contribution in [0.2, 0.25) is 0 Å². The molecule has 1 saturated heterocycles. The number of amides is 2. The third kappa shape index (κ3) is 2.28. The number of nitrogens with zero attached hydrogens (tertiary/aromatic N) is 1. The van der Waals surface area contributed by atoms with E-state index in [0.29, 0.717) is 6.42 Å². The summed E-state index contributed by atoms with van der Waals surface area (Å²) in [7, 11) is 0. The zero-order valence-electron chi connectivity index (χ0n) is 9.43. The van der Waals surface area contributed by atoms with Crippen LogP contribution >= 0.6 is 11.8 Å². The highest BCUT2D eigenvalue weighted by Crippen LogP contribution is 2.40. The van der Waals surface area contributed by atoms with Gasteiger partial charge in [-0.2, -0.15) is 5.48 Å². The van der Waals surface area contributed by atoms with Crippen LogP contribution in [0.3, 0.4) is 0 Å². The Labute approximate surface area is 102 Å². The topological polar surface area (TPSA) is 75.7 Å². The van der Waals surface area contributed by atoms with E-state index in [1.54, 1.807) is 17.8 Å². The molecule has 6 nitrogen and oxygen atoms in total. The second kappa shape index (κ2) is 4.40. The lowest BCUT2D eigenvalue weighted by molar-refractivity contribution is -0.158. The normalized spacial score (nSPS) is 26.6. The van der Waals surface area contributed by atoms with Crippen molar-refractivity contribution in [2.75, 3.05) is 0 Å². The zero-order valence-corrected chi connectivity index (χ0v) is 10.2. The molecule has 0 aromatic heterocycles. The van der Waals surface area contributed by atoms with Gasteiger partial charge >= 0.3 is 5.97 Å². The van der Waals surface area contributed by atoms with E-state index in [9.17, 15) is 14.4 Å². The summed E-state index contributed by atoms with van der Waals surface area (Å²) in [5.74, 6) is -1.27. The lowest BCUT2D eigenvalue weighted by Gasteiger charge is -2.44. The van der Waals surface area contributed by atoms with Gasteiger partial charge in [-0.3, -0.25) is 14.5 Å². The Kier molecular flexibility index (Phi) is 3.10. The molecule has 2 heterocycles. The van der Waals surface area contributed by atoms with Crippen molar-refractivity contribution in [2.45, 2.75) is 30.9 Å².